The Bertz CT molecular complexity index is 981. The zero-order valence-corrected chi connectivity index (χ0v) is 16.3. The van der Waals surface area contributed by atoms with Crippen molar-refractivity contribution in [3.8, 4) is 11.8 Å². The van der Waals surface area contributed by atoms with Gasteiger partial charge in [-0.25, -0.2) is 8.78 Å². The predicted molar refractivity (Wildman–Crippen MR) is 103 cm³/mol. The third kappa shape index (κ3) is 4.26. The van der Waals surface area contributed by atoms with Crippen LogP contribution < -0.4 is 4.74 Å². The van der Waals surface area contributed by atoms with E-state index >= 15 is 0 Å². The maximum absolute atomic E-state index is 13.6. The highest BCUT2D eigenvalue weighted by Gasteiger charge is 2.47. The normalized spacial score (nSPS) is 24.0. The van der Waals surface area contributed by atoms with Gasteiger partial charge in [-0.3, -0.25) is 14.7 Å². The molecule has 2 fully saturated rings. The number of rotatable bonds is 4. The third-order valence-corrected chi connectivity index (χ3v) is 5.52. The molecule has 6 nitrogen and oxygen atoms in total. The number of fused-ring (bicyclic) bond motifs is 1. The Labute approximate surface area is 171 Å². The lowest BCUT2D eigenvalue weighted by molar-refractivity contribution is -0.133. The topological polar surface area (TPSA) is 69.5 Å². The zero-order valence-electron chi connectivity index (χ0n) is 15.5. The van der Waals surface area contributed by atoms with Gasteiger partial charge in [-0.15, -0.1) is 0 Å². The molecule has 2 atom stereocenters. The number of benzene rings is 1. The van der Waals surface area contributed by atoms with Gasteiger partial charge in [0.2, 0.25) is 5.91 Å². The van der Waals surface area contributed by atoms with Crippen LogP contribution in [0, 0.1) is 11.3 Å². The van der Waals surface area contributed by atoms with Crippen molar-refractivity contribution in [1.82, 2.24) is 14.8 Å². The molecule has 1 aromatic carbocycles. The number of halogens is 3. The minimum Gasteiger partial charge on any atom is -0.488 e. The number of aromatic nitrogens is 1. The minimum atomic E-state index is -3.00. The molecule has 1 amide bonds. The Morgan fingerprint density at radius 3 is 3.03 bits per heavy atom. The van der Waals surface area contributed by atoms with Crippen molar-refractivity contribution in [2.45, 2.75) is 30.9 Å². The summed E-state index contributed by atoms with van der Waals surface area (Å²) in [7, 11) is 0. The van der Waals surface area contributed by atoms with Gasteiger partial charge in [0.15, 0.2) is 0 Å². The van der Waals surface area contributed by atoms with E-state index in [0.29, 0.717) is 30.3 Å². The van der Waals surface area contributed by atoms with Gasteiger partial charge in [0.05, 0.1) is 24.7 Å². The summed E-state index contributed by atoms with van der Waals surface area (Å²) in [4.78, 5) is 19.6. The average molecular weight is 421 g/mol. The van der Waals surface area contributed by atoms with Gasteiger partial charge in [-0.05, 0) is 30.7 Å². The van der Waals surface area contributed by atoms with Gasteiger partial charge in [0, 0.05) is 36.1 Å². The number of hydrogen-bond donors (Lipinski definition) is 0. The van der Waals surface area contributed by atoms with Crippen LogP contribution in [0.3, 0.4) is 0 Å². The quantitative estimate of drug-likeness (QED) is 0.760. The second kappa shape index (κ2) is 7.73. The van der Waals surface area contributed by atoms with E-state index in [2.05, 4.69) is 4.98 Å². The average Bonchev–Trinajstić information content (AvgIpc) is 3.24. The smallest absolute Gasteiger partial charge is 0.268 e. The van der Waals surface area contributed by atoms with Crippen molar-refractivity contribution in [1.29, 1.82) is 5.26 Å². The van der Waals surface area contributed by atoms with Gasteiger partial charge in [-0.1, -0.05) is 11.6 Å². The second-order valence-corrected chi connectivity index (χ2v) is 7.90. The molecule has 0 N–H and O–H groups in total. The first-order chi connectivity index (χ1) is 13.8. The number of carbonyl (C=O) groups is 1. The predicted octanol–water partition coefficient (Wildman–Crippen LogP) is 3.10. The molecule has 0 unspecified atom stereocenters. The molecule has 29 heavy (non-hydrogen) atoms. The lowest BCUT2D eigenvalue weighted by Crippen LogP contribution is -2.42. The monoisotopic (exact) mass is 420 g/mol. The Kier molecular flexibility index (Phi) is 5.28. The molecule has 0 saturated carbocycles. The number of pyridine rings is 1. The molecule has 152 valence electrons. The molecular formula is C20H19ClF2N4O2. The number of likely N-dealkylation sites (tertiary alicyclic amines) is 2. The zero-order chi connectivity index (χ0) is 20.6. The molecule has 0 radical (unpaired) electrons. The van der Waals surface area contributed by atoms with Gasteiger partial charge in [0.1, 0.15) is 17.9 Å². The van der Waals surface area contributed by atoms with Crippen LogP contribution in [-0.4, -0.2) is 64.9 Å². The molecule has 0 aliphatic carbocycles. The van der Waals surface area contributed by atoms with E-state index in [-0.39, 0.29) is 12.6 Å². The first-order valence-corrected chi connectivity index (χ1v) is 9.73. The van der Waals surface area contributed by atoms with E-state index in [1.165, 1.54) is 0 Å². The van der Waals surface area contributed by atoms with Gasteiger partial charge >= 0.3 is 0 Å². The Balaban J connectivity index is 1.38. The molecule has 4 rings (SSSR count). The molecule has 0 bridgehead atoms. The SMILES string of the molecule is N#C[C@@H]1CC(F)(F)CN1C(=O)CN1CC[C@H](Oc2ccnc3cc(Cl)ccc23)C1. The van der Waals surface area contributed by atoms with Crippen molar-refractivity contribution in [3.63, 3.8) is 0 Å². The van der Waals surface area contributed by atoms with Crippen LogP contribution >= 0.6 is 11.6 Å². The number of nitrogens with zero attached hydrogens (tertiary/aromatic N) is 4. The lowest BCUT2D eigenvalue weighted by atomic mass is 10.2. The largest absolute Gasteiger partial charge is 0.488 e. The summed E-state index contributed by atoms with van der Waals surface area (Å²) >= 11 is 6.01. The number of alkyl halides is 2. The summed E-state index contributed by atoms with van der Waals surface area (Å²) in [5.74, 6) is -2.76. The lowest BCUT2D eigenvalue weighted by Gasteiger charge is -2.23. The highest BCUT2D eigenvalue weighted by Crippen LogP contribution is 2.32. The van der Waals surface area contributed by atoms with Crippen LogP contribution in [0.15, 0.2) is 30.5 Å². The fraction of sp³-hybridized carbons (Fsp3) is 0.450. The van der Waals surface area contributed by atoms with E-state index in [9.17, 15) is 13.6 Å². The molecule has 9 heteroatoms. The Morgan fingerprint density at radius 2 is 2.24 bits per heavy atom. The van der Waals surface area contributed by atoms with Crippen LogP contribution in [0.4, 0.5) is 8.78 Å². The summed E-state index contributed by atoms with van der Waals surface area (Å²) in [6.45, 7) is 0.432. The van der Waals surface area contributed by atoms with E-state index in [1.54, 1.807) is 30.5 Å². The first-order valence-electron chi connectivity index (χ1n) is 9.35. The number of carbonyl (C=O) groups excluding carboxylic acids is 1. The summed E-state index contributed by atoms with van der Waals surface area (Å²) in [5, 5.41) is 10.5. The maximum atomic E-state index is 13.6. The minimum absolute atomic E-state index is 0.000814. The fourth-order valence-electron chi connectivity index (χ4n) is 3.89. The molecule has 1 aromatic heterocycles. The van der Waals surface area contributed by atoms with E-state index in [4.69, 9.17) is 21.6 Å². The van der Waals surface area contributed by atoms with Crippen LogP contribution in [0.2, 0.25) is 5.02 Å². The molecule has 2 saturated heterocycles. The highest BCUT2D eigenvalue weighted by molar-refractivity contribution is 6.31. The van der Waals surface area contributed by atoms with Crippen molar-refractivity contribution in [3.05, 3.63) is 35.5 Å². The molecule has 0 spiro atoms. The van der Waals surface area contributed by atoms with Gasteiger partial charge in [0.25, 0.3) is 5.92 Å². The number of hydrogen-bond acceptors (Lipinski definition) is 5. The molecule has 2 aliphatic heterocycles. The molecule has 2 aromatic rings. The van der Waals surface area contributed by atoms with Crippen LogP contribution in [0.5, 0.6) is 5.75 Å². The van der Waals surface area contributed by atoms with Gasteiger partial charge in [-0.2, -0.15) is 5.26 Å². The number of ether oxygens (including phenoxy) is 1. The summed E-state index contributed by atoms with van der Waals surface area (Å²) in [5.41, 5.74) is 0.734. The van der Waals surface area contributed by atoms with Crippen LogP contribution in [-0.2, 0) is 4.79 Å². The summed E-state index contributed by atoms with van der Waals surface area (Å²) in [6, 6.07) is 7.91. The van der Waals surface area contributed by atoms with Crippen LogP contribution in [0.1, 0.15) is 12.8 Å². The van der Waals surface area contributed by atoms with E-state index in [0.717, 1.165) is 15.8 Å². The Hall–Kier alpha value is -2.50. The summed E-state index contributed by atoms with van der Waals surface area (Å²) < 4.78 is 33.3. The van der Waals surface area contributed by atoms with Crippen molar-refractivity contribution >= 4 is 28.4 Å². The van der Waals surface area contributed by atoms with Crippen molar-refractivity contribution in [2.24, 2.45) is 0 Å². The fourth-order valence-corrected chi connectivity index (χ4v) is 4.06. The van der Waals surface area contributed by atoms with E-state index in [1.807, 2.05) is 11.0 Å². The standard InChI is InChI=1S/C20H19ClF2N4O2/c21-13-1-2-16-17(7-13)25-5-3-18(16)29-15-4-6-26(10-15)11-19(28)27-12-20(22,23)8-14(27)9-24/h1-3,5,7,14-15H,4,6,8,10-12H2/t14-,15-/m0/s1. The van der Waals surface area contributed by atoms with E-state index < -0.39 is 30.8 Å². The van der Waals surface area contributed by atoms with Crippen molar-refractivity contribution < 1.29 is 18.3 Å². The maximum Gasteiger partial charge on any atom is 0.268 e. The molecular weight excluding hydrogens is 402 g/mol. The number of nitriles is 1. The Morgan fingerprint density at radius 1 is 1.41 bits per heavy atom. The van der Waals surface area contributed by atoms with Crippen molar-refractivity contribution in [2.75, 3.05) is 26.2 Å². The highest BCUT2D eigenvalue weighted by atomic mass is 35.5. The number of amides is 1. The second-order valence-electron chi connectivity index (χ2n) is 7.46. The van der Waals surface area contributed by atoms with Crippen LogP contribution in [0.25, 0.3) is 10.9 Å². The summed E-state index contributed by atoms with van der Waals surface area (Å²) in [6.07, 6.45) is 1.64. The molecule has 3 heterocycles. The molecule has 2 aliphatic rings. The first kappa shape index (κ1) is 19.8. The van der Waals surface area contributed by atoms with Gasteiger partial charge < -0.3 is 9.64 Å². The third-order valence-electron chi connectivity index (χ3n) is 5.29.